The summed E-state index contributed by atoms with van der Waals surface area (Å²) in [7, 11) is 1.51. The van der Waals surface area contributed by atoms with Crippen molar-refractivity contribution in [3.8, 4) is 17.6 Å². The number of nitriles is 1. The predicted octanol–water partition coefficient (Wildman–Crippen LogP) is 2.25. The Morgan fingerprint density at radius 1 is 1.58 bits per heavy atom. The lowest BCUT2D eigenvalue weighted by Gasteiger charge is -2.12. The van der Waals surface area contributed by atoms with Crippen LogP contribution < -0.4 is 15.2 Å². The highest BCUT2D eigenvalue weighted by Gasteiger charge is 2.11. The molecule has 5 nitrogen and oxygen atoms in total. The summed E-state index contributed by atoms with van der Waals surface area (Å²) in [6.45, 7) is 2.36. The smallest absolute Gasteiger partial charge is 0.259 e. The van der Waals surface area contributed by atoms with Gasteiger partial charge in [-0.3, -0.25) is 4.79 Å². The number of nitrogens with two attached hydrogens (primary N) is 1. The highest BCUT2D eigenvalue weighted by atomic mass is 79.9. The second-order valence-electron chi connectivity index (χ2n) is 3.50. The molecule has 0 fully saturated rings. The molecule has 100 valence electrons. The Bertz CT molecular complexity index is 562. The molecule has 0 bridgehead atoms. The van der Waals surface area contributed by atoms with Crippen molar-refractivity contribution in [1.82, 2.24) is 0 Å². The highest BCUT2D eigenvalue weighted by Crippen LogP contribution is 2.37. The lowest BCUT2D eigenvalue weighted by molar-refractivity contribution is -0.114. The largest absolute Gasteiger partial charge is 0.493 e. The SMILES string of the molecule is CCOc1c(Br)cc(/C=C(\C#N)C(N)=O)cc1OC. The lowest BCUT2D eigenvalue weighted by Crippen LogP contribution is -2.12. The number of ether oxygens (including phenoxy) is 2. The molecular formula is C13H13BrN2O3. The van der Waals surface area contributed by atoms with Crippen LogP contribution in [0.15, 0.2) is 22.2 Å². The van der Waals surface area contributed by atoms with E-state index in [9.17, 15) is 4.79 Å². The van der Waals surface area contributed by atoms with Crippen molar-refractivity contribution in [3.63, 3.8) is 0 Å². The third kappa shape index (κ3) is 3.73. The fraction of sp³-hybridized carbons (Fsp3) is 0.231. The number of carbonyl (C=O) groups is 1. The van der Waals surface area contributed by atoms with Gasteiger partial charge in [-0.25, -0.2) is 0 Å². The van der Waals surface area contributed by atoms with E-state index in [2.05, 4.69) is 15.9 Å². The maximum atomic E-state index is 11.0. The minimum absolute atomic E-state index is 0.127. The fourth-order valence-corrected chi connectivity index (χ4v) is 2.01. The molecule has 1 amide bonds. The molecule has 0 atom stereocenters. The molecule has 0 aliphatic carbocycles. The van der Waals surface area contributed by atoms with E-state index in [1.165, 1.54) is 13.2 Å². The summed E-state index contributed by atoms with van der Waals surface area (Å²) < 4.78 is 11.3. The van der Waals surface area contributed by atoms with Gasteiger partial charge in [0.1, 0.15) is 11.6 Å². The van der Waals surface area contributed by atoms with Crippen LogP contribution in [-0.2, 0) is 4.79 Å². The van der Waals surface area contributed by atoms with E-state index >= 15 is 0 Å². The topological polar surface area (TPSA) is 85.3 Å². The van der Waals surface area contributed by atoms with Gasteiger partial charge in [-0.1, -0.05) is 0 Å². The van der Waals surface area contributed by atoms with Gasteiger partial charge in [0, 0.05) is 0 Å². The summed E-state index contributed by atoms with van der Waals surface area (Å²) >= 11 is 3.36. The first-order valence-electron chi connectivity index (χ1n) is 5.45. The summed E-state index contributed by atoms with van der Waals surface area (Å²) in [6, 6.07) is 5.12. The van der Waals surface area contributed by atoms with Gasteiger partial charge in [-0.05, 0) is 46.6 Å². The number of methoxy groups -OCH3 is 1. The Hall–Kier alpha value is -2.00. The van der Waals surface area contributed by atoms with Crippen molar-refractivity contribution >= 4 is 27.9 Å². The van der Waals surface area contributed by atoms with Crippen LogP contribution >= 0.6 is 15.9 Å². The molecule has 0 spiro atoms. The van der Waals surface area contributed by atoms with Crippen LogP contribution in [0.5, 0.6) is 11.5 Å². The number of nitrogens with zero attached hydrogens (tertiary/aromatic N) is 1. The van der Waals surface area contributed by atoms with Gasteiger partial charge in [0.25, 0.3) is 5.91 Å². The molecule has 1 rings (SSSR count). The molecule has 0 unspecified atom stereocenters. The van der Waals surface area contributed by atoms with Gasteiger partial charge in [-0.15, -0.1) is 0 Å². The Morgan fingerprint density at radius 3 is 2.74 bits per heavy atom. The number of benzene rings is 1. The number of halogens is 1. The summed E-state index contributed by atoms with van der Waals surface area (Å²) in [4.78, 5) is 11.0. The summed E-state index contributed by atoms with van der Waals surface area (Å²) in [6.07, 6.45) is 1.39. The first-order valence-corrected chi connectivity index (χ1v) is 6.24. The van der Waals surface area contributed by atoms with Crippen molar-refractivity contribution in [2.24, 2.45) is 5.73 Å². The van der Waals surface area contributed by atoms with Gasteiger partial charge in [0.2, 0.25) is 0 Å². The molecule has 0 saturated carbocycles. The van der Waals surface area contributed by atoms with E-state index in [1.807, 2.05) is 6.92 Å². The Morgan fingerprint density at radius 2 is 2.26 bits per heavy atom. The minimum Gasteiger partial charge on any atom is -0.493 e. The first kappa shape index (κ1) is 15.1. The van der Waals surface area contributed by atoms with Gasteiger partial charge < -0.3 is 15.2 Å². The summed E-state index contributed by atoms with van der Waals surface area (Å²) in [5.74, 6) is 0.301. The molecule has 19 heavy (non-hydrogen) atoms. The quantitative estimate of drug-likeness (QED) is 0.664. The number of hydrogen-bond donors (Lipinski definition) is 1. The van der Waals surface area contributed by atoms with Crippen molar-refractivity contribution < 1.29 is 14.3 Å². The zero-order chi connectivity index (χ0) is 14.4. The lowest BCUT2D eigenvalue weighted by atomic mass is 10.1. The number of amides is 1. The molecule has 6 heteroatoms. The molecule has 0 aliphatic heterocycles. The van der Waals surface area contributed by atoms with E-state index in [0.29, 0.717) is 28.1 Å². The fourth-order valence-electron chi connectivity index (χ4n) is 1.43. The molecule has 0 aromatic heterocycles. The Kier molecular flexibility index (Phi) is 5.39. The first-order chi connectivity index (χ1) is 9.03. The molecule has 1 aromatic rings. The van der Waals surface area contributed by atoms with E-state index in [1.54, 1.807) is 18.2 Å². The van der Waals surface area contributed by atoms with Crippen molar-refractivity contribution in [2.45, 2.75) is 6.92 Å². The van der Waals surface area contributed by atoms with Crippen LogP contribution in [0.2, 0.25) is 0 Å². The van der Waals surface area contributed by atoms with Crippen molar-refractivity contribution in [3.05, 3.63) is 27.7 Å². The average Bonchev–Trinajstić information content (AvgIpc) is 2.38. The monoisotopic (exact) mass is 324 g/mol. The normalized spacial score (nSPS) is 10.7. The van der Waals surface area contributed by atoms with E-state index < -0.39 is 5.91 Å². The number of carbonyl (C=O) groups excluding carboxylic acids is 1. The van der Waals surface area contributed by atoms with Gasteiger partial charge in [0.15, 0.2) is 11.5 Å². The van der Waals surface area contributed by atoms with Crippen LogP contribution in [0.25, 0.3) is 6.08 Å². The number of hydrogen-bond acceptors (Lipinski definition) is 4. The molecule has 1 aromatic carbocycles. The molecule has 0 heterocycles. The van der Waals surface area contributed by atoms with Crippen LogP contribution in [0.1, 0.15) is 12.5 Å². The predicted molar refractivity (Wildman–Crippen MR) is 74.6 cm³/mol. The molecule has 0 aliphatic rings. The van der Waals surface area contributed by atoms with Gasteiger partial charge >= 0.3 is 0 Å². The molecule has 0 saturated heterocycles. The third-order valence-electron chi connectivity index (χ3n) is 2.24. The van der Waals surface area contributed by atoms with Crippen molar-refractivity contribution in [2.75, 3.05) is 13.7 Å². The van der Waals surface area contributed by atoms with E-state index in [0.717, 1.165) is 0 Å². The zero-order valence-corrected chi connectivity index (χ0v) is 12.2. The standard InChI is InChI=1S/C13H13BrN2O3/c1-3-19-12-10(14)5-8(6-11(12)18-2)4-9(7-15)13(16)17/h4-6H,3H2,1-2H3,(H2,16,17)/b9-4+. The van der Waals surface area contributed by atoms with E-state index in [-0.39, 0.29) is 5.57 Å². The summed E-state index contributed by atoms with van der Waals surface area (Å²) in [5.41, 5.74) is 5.57. The molecule has 0 radical (unpaired) electrons. The maximum Gasteiger partial charge on any atom is 0.259 e. The Balaban J connectivity index is 3.30. The van der Waals surface area contributed by atoms with E-state index in [4.69, 9.17) is 20.5 Å². The number of primary amides is 1. The van der Waals surface area contributed by atoms with Crippen molar-refractivity contribution in [1.29, 1.82) is 5.26 Å². The molecule has 2 N–H and O–H groups in total. The minimum atomic E-state index is -0.772. The zero-order valence-electron chi connectivity index (χ0n) is 10.6. The Labute approximate surface area is 119 Å². The van der Waals surface area contributed by atoms with Crippen LogP contribution in [0.3, 0.4) is 0 Å². The van der Waals surface area contributed by atoms with Gasteiger partial charge in [0.05, 0.1) is 18.2 Å². The van der Waals surface area contributed by atoms with Crippen LogP contribution in [0.4, 0.5) is 0 Å². The average molecular weight is 325 g/mol. The summed E-state index contributed by atoms with van der Waals surface area (Å²) in [5, 5.41) is 8.81. The highest BCUT2D eigenvalue weighted by molar-refractivity contribution is 9.10. The number of rotatable bonds is 5. The maximum absolute atomic E-state index is 11.0. The second-order valence-corrected chi connectivity index (χ2v) is 4.36. The third-order valence-corrected chi connectivity index (χ3v) is 2.83. The molecular weight excluding hydrogens is 312 g/mol. The van der Waals surface area contributed by atoms with Crippen LogP contribution in [0, 0.1) is 11.3 Å². The second kappa shape index (κ2) is 6.81. The van der Waals surface area contributed by atoms with Crippen LogP contribution in [-0.4, -0.2) is 19.6 Å². The van der Waals surface area contributed by atoms with Gasteiger partial charge in [-0.2, -0.15) is 5.26 Å².